The minimum Gasteiger partial charge on any atom is -0.370 e. The van der Waals surface area contributed by atoms with Gasteiger partial charge in [-0.1, -0.05) is 12.1 Å². The Kier molecular flexibility index (Phi) is 3.15. The Bertz CT molecular complexity index is 742. The second kappa shape index (κ2) is 4.98. The van der Waals surface area contributed by atoms with Gasteiger partial charge >= 0.3 is 6.18 Å². The second-order valence-electron chi connectivity index (χ2n) is 6.38. The molecule has 2 nitrogen and oxygen atoms in total. The maximum absolute atomic E-state index is 12.8. The topological polar surface area (TPSA) is 16.1 Å². The zero-order valence-electron chi connectivity index (χ0n) is 12.8. The number of halogens is 3. The summed E-state index contributed by atoms with van der Waals surface area (Å²) in [5.41, 5.74) is 4.39. The first-order valence-electron chi connectivity index (χ1n) is 7.87. The van der Waals surface area contributed by atoms with E-state index >= 15 is 0 Å². The SMILES string of the molecule is Cc1cc(-c2ccc(C(F)(F)F)cc2)c2c(n1)C1CCN2CC1. The number of hydrogen-bond donors (Lipinski definition) is 0. The van der Waals surface area contributed by atoms with Crippen LogP contribution in [0.15, 0.2) is 30.3 Å². The largest absolute Gasteiger partial charge is 0.416 e. The fraction of sp³-hybridized carbons (Fsp3) is 0.389. The molecule has 0 radical (unpaired) electrons. The molecule has 0 atom stereocenters. The number of aryl methyl sites for hydroxylation is 1. The van der Waals surface area contributed by atoms with E-state index in [1.807, 2.05) is 13.0 Å². The molecule has 3 aliphatic rings. The summed E-state index contributed by atoms with van der Waals surface area (Å²) in [7, 11) is 0. The van der Waals surface area contributed by atoms with E-state index in [0.29, 0.717) is 5.92 Å². The third-order valence-corrected chi connectivity index (χ3v) is 4.87. The Morgan fingerprint density at radius 2 is 1.74 bits per heavy atom. The van der Waals surface area contributed by atoms with E-state index in [1.54, 1.807) is 12.1 Å². The molecule has 5 heteroatoms. The van der Waals surface area contributed by atoms with Crippen LogP contribution in [-0.2, 0) is 6.18 Å². The Morgan fingerprint density at radius 3 is 2.35 bits per heavy atom. The van der Waals surface area contributed by atoms with Crippen molar-refractivity contribution in [3.8, 4) is 11.1 Å². The molecule has 0 aliphatic carbocycles. The van der Waals surface area contributed by atoms with Gasteiger partial charge in [0.1, 0.15) is 0 Å². The molecule has 2 aromatic rings. The fourth-order valence-corrected chi connectivity index (χ4v) is 3.74. The van der Waals surface area contributed by atoms with E-state index in [2.05, 4.69) is 4.90 Å². The van der Waals surface area contributed by atoms with Gasteiger partial charge in [0.25, 0.3) is 0 Å². The van der Waals surface area contributed by atoms with Crippen molar-refractivity contribution in [2.75, 3.05) is 18.0 Å². The molecule has 0 unspecified atom stereocenters. The molecule has 1 aromatic carbocycles. The highest BCUT2D eigenvalue weighted by atomic mass is 19.4. The molecular formula is C18H17F3N2. The molecule has 0 N–H and O–H groups in total. The van der Waals surface area contributed by atoms with Crippen LogP contribution in [0.3, 0.4) is 0 Å². The highest BCUT2D eigenvalue weighted by molar-refractivity contribution is 5.82. The van der Waals surface area contributed by atoms with Crippen molar-refractivity contribution < 1.29 is 13.2 Å². The maximum atomic E-state index is 12.8. The normalized spacial score (nSPS) is 17.5. The van der Waals surface area contributed by atoms with Crippen LogP contribution in [0, 0.1) is 6.92 Å². The third kappa shape index (κ3) is 2.38. The van der Waals surface area contributed by atoms with Crippen LogP contribution < -0.4 is 4.90 Å². The van der Waals surface area contributed by atoms with Crippen molar-refractivity contribution in [3.05, 3.63) is 47.3 Å². The van der Waals surface area contributed by atoms with Crippen LogP contribution in [0.25, 0.3) is 11.1 Å². The molecule has 23 heavy (non-hydrogen) atoms. The number of piperidine rings is 1. The van der Waals surface area contributed by atoms with Gasteiger partial charge in [0, 0.05) is 30.3 Å². The summed E-state index contributed by atoms with van der Waals surface area (Å²) in [4.78, 5) is 7.05. The van der Waals surface area contributed by atoms with E-state index < -0.39 is 11.7 Å². The monoisotopic (exact) mass is 318 g/mol. The van der Waals surface area contributed by atoms with Crippen LogP contribution >= 0.6 is 0 Å². The molecule has 0 saturated carbocycles. The van der Waals surface area contributed by atoms with Crippen LogP contribution in [-0.4, -0.2) is 18.1 Å². The fourth-order valence-electron chi connectivity index (χ4n) is 3.74. The summed E-state index contributed by atoms with van der Waals surface area (Å²) in [5.74, 6) is 0.489. The van der Waals surface area contributed by atoms with Gasteiger partial charge in [0.15, 0.2) is 0 Å². The number of hydrogen-bond acceptors (Lipinski definition) is 2. The zero-order valence-corrected chi connectivity index (χ0v) is 12.8. The van der Waals surface area contributed by atoms with Crippen LogP contribution in [0.1, 0.15) is 35.7 Å². The number of aromatic nitrogens is 1. The minimum absolute atomic E-state index is 0.489. The summed E-state index contributed by atoms with van der Waals surface area (Å²) in [6, 6.07) is 7.45. The lowest BCUT2D eigenvalue weighted by Crippen LogP contribution is -2.39. The van der Waals surface area contributed by atoms with Gasteiger partial charge in [-0.15, -0.1) is 0 Å². The van der Waals surface area contributed by atoms with Crippen molar-refractivity contribution in [2.45, 2.75) is 31.9 Å². The van der Waals surface area contributed by atoms with Gasteiger partial charge in [-0.25, -0.2) is 0 Å². The first kappa shape index (κ1) is 14.5. The molecule has 4 heterocycles. The molecule has 5 rings (SSSR count). The Morgan fingerprint density at radius 1 is 1.09 bits per heavy atom. The average molecular weight is 318 g/mol. The number of alkyl halides is 3. The van der Waals surface area contributed by atoms with Crippen molar-refractivity contribution in [3.63, 3.8) is 0 Å². The Balaban J connectivity index is 1.84. The van der Waals surface area contributed by atoms with E-state index in [9.17, 15) is 13.2 Å². The third-order valence-electron chi connectivity index (χ3n) is 4.87. The highest BCUT2D eigenvalue weighted by Gasteiger charge is 2.34. The van der Waals surface area contributed by atoms with E-state index in [4.69, 9.17) is 4.98 Å². The number of fused-ring (bicyclic) bond motifs is 2. The standard InChI is InChI=1S/C18H17F3N2/c1-11-10-15(12-2-4-14(5-3-12)18(19,20)21)17-16(22-11)13-6-8-23(17)9-7-13/h2-5,10,13H,6-9H2,1H3. The van der Waals surface area contributed by atoms with E-state index in [-0.39, 0.29) is 0 Å². The molecule has 1 aromatic heterocycles. The van der Waals surface area contributed by atoms with Gasteiger partial charge in [0.05, 0.1) is 16.9 Å². The molecule has 3 aliphatic heterocycles. The Labute approximate surface area is 133 Å². The number of pyridine rings is 1. The number of benzene rings is 1. The van der Waals surface area contributed by atoms with Crippen LogP contribution in [0.5, 0.6) is 0 Å². The molecule has 120 valence electrons. The van der Waals surface area contributed by atoms with Gasteiger partial charge in [-0.3, -0.25) is 4.98 Å². The summed E-state index contributed by atoms with van der Waals surface area (Å²) in [5, 5.41) is 0. The van der Waals surface area contributed by atoms with Crippen molar-refractivity contribution >= 4 is 5.69 Å². The summed E-state index contributed by atoms with van der Waals surface area (Å²) in [6.45, 7) is 3.97. The highest BCUT2D eigenvalue weighted by Crippen LogP contribution is 2.46. The lowest BCUT2D eigenvalue weighted by Gasteiger charge is -2.42. The quantitative estimate of drug-likeness (QED) is 0.753. The summed E-state index contributed by atoms with van der Waals surface area (Å²) in [6.07, 6.45) is -2.06. The lowest BCUT2D eigenvalue weighted by atomic mass is 9.83. The van der Waals surface area contributed by atoms with Gasteiger partial charge in [0.2, 0.25) is 0 Å². The second-order valence-corrected chi connectivity index (χ2v) is 6.38. The molecule has 1 saturated heterocycles. The predicted molar refractivity (Wildman–Crippen MR) is 83.6 cm³/mol. The summed E-state index contributed by atoms with van der Waals surface area (Å²) < 4.78 is 38.3. The maximum Gasteiger partial charge on any atom is 0.416 e. The van der Waals surface area contributed by atoms with Crippen LogP contribution in [0.4, 0.5) is 18.9 Å². The molecular weight excluding hydrogens is 301 g/mol. The molecule has 0 amide bonds. The lowest BCUT2D eigenvalue weighted by molar-refractivity contribution is -0.137. The number of anilines is 1. The van der Waals surface area contributed by atoms with Crippen molar-refractivity contribution in [1.82, 2.24) is 4.98 Å². The molecule has 0 spiro atoms. The number of rotatable bonds is 1. The predicted octanol–water partition coefficient (Wildman–Crippen LogP) is 4.77. The first-order chi connectivity index (χ1) is 10.9. The van der Waals surface area contributed by atoms with Crippen LogP contribution in [0.2, 0.25) is 0 Å². The molecule has 2 bridgehead atoms. The summed E-state index contributed by atoms with van der Waals surface area (Å²) >= 11 is 0. The van der Waals surface area contributed by atoms with E-state index in [1.165, 1.54) is 0 Å². The Hall–Kier alpha value is -2.04. The van der Waals surface area contributed by atoms with Gasteiger partial charge in [-0.05, 0) is 43.5 Å². The smallest absolute Gasteiger partial charge is 0.370 e. The van der Waals surface area contributed by atoms with Gasteiger partial charge in [-0.2, -0.15) is 13.2 Å². The number of nitrogens with zero attached hydrogens (tertiary/aromatic N) is 2. The minimum atomic E-state index is -4.30. The van der Waals surface area contributed by atoms with Crippen molar-refractivity contribution in [2.24, 2.45) is 0 Å². The zero-order chi connectivity index (χ0) is 16.2. The molecule has 1 fully saturated rings. The van der Waals surface area contributed by atoms with E-state index in [0.717, 1.165) is 66.3 Å². The van der Waals surface area contributed by atoms with Gasteiger partial charge < -0.3 is 4.90 Å². The van der Waals surface area contributed by atoms with Crippen molar-refractivity contribution in [1.29, 1.82) is 0 Å². The first-order valence-corrected chi connectivity index (χ1v) is 7.87. The average Bonchev–Trinajstić information content (AvgIpc) is 2.54.